The number of rotatable bonds is 3. The van der Waals surface area contributed by atoms with E-state index in [4.69, 9.17) is 4.99 Å². The molecule has 1 aliphatic carbocycles. The quantitative estimate of drug-likeness (QED) is 0.821. The summed E-state index contributed by atoms with van der Waals surface area (Å²) in [5.41, 5.74) is 2.29. The molecule has 0 aromatic carbocycles. The Morgan fingerprint density at radius 3 is 2.75 bits per heavy atom. The zero-order valence-electron chi connectivity index (χ0n) is 14.9. The summed E-state index contributed by atoms with van der Waals surface area (Å²) in [7, 11) is 2.09. The summed E-state index contributed by atoms with van der Waals surface area (Å²) in [6, 6.07) is 2.67. The number of nitrogens with zero attached hydrogens (tertiary/aromatic N) is 3. The lowest BCUT2D eigenvalue weighted by Gasteiger charge is -2.11. The van der Waals surface area contributed by atoms with Crippen molar-refractivity contribution in [3.05, 3.63) is 62.5 Å². The van der Waals surface area contributed by atoms with Gasteiger partial charge in [-0.25, -0.2) is 4.99 Å². The Kier molecular flexibility index (Phi) is 4.76. The molecule has 0 spiro atoms. The van der Waals surface area contributed by atoms with Crippen LogP contribution in [0.4, 0.5) is 0 Å². The first-order valence-corrected chi connectivity index (χ1v) is 9.26. The first kappa shape index (κ1) is 16.8. The molecule has 4 heteroatoms. The Balaban J connectivity index is 2.25. The molecule has 0 radical (unpaired) electrons. The van der Waals surface area contributed by atoms with Crippen LogP contribution >= 0.6 is 11.3 Å². The molecule has 1 atom stereocenters. The number of hydrogen-bond acceptors (Lipinski definition) is 2. The van der Waals surface area contributed by atoms with Gasteiger partial charge in [-0.1, -0.05) is 30.9 Å². The third-order valence-corrected chi connectivity index (χ3v) is 5.35. The van der Waals surface area contributed by atoms with Gasteiger partial charge in [-0.15, -0.1) is 11.3 Å². The second-order valence-electron chi connectivity index (χ2n) is 6.51. The lowest BCUT2D eigenvalue weighted by atomic mass is 10.1. The van der Waals surface area contributed by atoms with Crippen molar-refractivity contribution in [2.75, 3.05) is 0 Å². The lowest BCUT2D eigenvalue weighted by Crippen LogP contribution is -2.33. The van der Waals surface area contributed by atoms with Crippen LogP contribution in [-0.4, -0.2) is 15.2 Å². The van der Waals surface area contributed by atoms with Crippen molar-refractivity contribution in [3.8, 4) is 0 Å². The smallest absolute Gasteiger partial charge is 0.206 e. The topological polar surface area (TPSA) is 22.2 Å². The van der Waals surface area contributed by atoms with E-state index >= 15 is 0 Å². The highest BCUT2D eigenvalue weighted by Crippen LogP contribution is 2.15. The van der Waals surface area contributed by atoms with Gasteiger partial charge in [0.05, 0.1) is 16.7 Å². The van der Waals surface area contributed by atoms with Gasteiger partial charge in [0.1, 0.15) is 0 Å². The molecule has 3 rings (SSSR count). The van der Waals surface area contributed by atoms with Crippen molar-refractivity contribution in [2.45, 2.75) is 39.3 Å². The standard InChI is InChI=1S/C20H25N3S/c1-14(2)23-16(4)18(13-19-15(3)11-12-24-19)22(5)20(23)21-17-9-7-6-8-10-17/h6-9,11-14,17H,4,10H2,1-3,5H3/b18-13-,21-20+. The number of allylic oxidation sites excluding steroid dienone is 2. The second kappa shape index (κ2) is 6.81. The zero-order chi connectivity index (χ0) is 17.3. The van der Waals surface area contributed by atoms with Gasteiger partial charge in [-0.3, -0.25) is 0 Å². The van der Waals surface area contributed by atoms with Gasteiger partial charge >= 0.3 is 0 Å². The number of hydrogen-bond donors (Lipinski definition) is 0. The highest BCUT2D eigenvalue weighted by molar-refractivity contribution is 7.11. The van der Waals surface area contributed by atoms with Crippen LogP contribution in [0.15, 0.2) is 40.7 Å². The maximum Gasteiger partial charge on any atom is 0.206 e. The van der Waals surface area contributed by atoms with Crippen LogP contribution in [0.3, 0.4) is 0 Å². The van der Waals surface area contributed by atoms with Crippen LogP contribution in [-0.2, 0) is 7.05 Å². The van der Waals surface area contributed by atoms with E-state index in [1.54, 1.807) is 11.3 Å². The largest absolute Gasteiger partial charge is 0.313 e. The second-order valence-corrected chi connectivity index (χ2v) is 7.46. The predicted molar refractivity (Wildman–Crippen MR) is 103 cm³/mol. The molecular formula is C20H25N3S. The van der Waals surface area contributed by atoms with E-state index in [1.165, 1.54) is 10.4 Å². The van der Waals surface area contributed by atoms with E-state index in [2.05, 4.69) is 85.4 Å². The first-order chi connectivity index (χ1) is 11.5. The molecule has 0 saturated heterocycles. The van der Waals surface area contributed by atoms with Crippen LogP contribution in [0.1, 0.15) is 36.8 Å². The van der Waals surface area contributed by atoms with Crippen LogP contribution in [0.2, 0.25) is 0 Å². The minimum Gasteiger partial charge on any atom is -0.313 e. The SMILES string of the molecule is C=c1/c(=C/c2sccc2C)n(C)/c(=N\C2C=CC=CC2)n1C(C)C. The van der Waals surface area contributed by atoms with E-state index in [0.29, 0.717) is 6.04 Å². The molecule has 3 nitrogen and oxygen atoms in total. The average Bonchev–Trinajstić information content (AvgIpc) is 3.05. The Labute approximate surface area is 147 Å². The fraction of sp³-hybridized carbons (Fsp3) is 0.350. The molecule has 24 heavy (non-hydrogen) atoms. The van der Waals surface area contributed by atoms with Crippen LogP contribution in [0.25, 0.3) is 12.7 Å². The molecule has 0 aliphatic heterocycles. The Hall–Kier alpha value is -2.07. The van der Waals surface area contributed by atoms with E-state index in [-0.39, 0.29) is 6.04 Å². The maximum atomic E-state index is 5.00. The summed E-state index contributed by atoms with van der Waals surface area (Å²) in [4.78, 5) is 6.28. The predicted octanol–water partition coefficient (Wildman–Crippen LogP) is 2.80. The van der Waals surface area contributed by atoms with Crippen LogP contribution < -0.4 is 16.3 Å². The summed E-state index contributed by atoms with van der Waals surface area (Å²) in [6.07, 6.45) is 11.7. The fourth-order valence-corrected chi connectivity index (χ4v) is 3.90. The van der Waals surface area contributed by atoms with E-state index in [9.17, 15) is 0 Å². The van der Waals surface area contributed by atoms with Crippen molar-refractivity contribution in [3.63, 3.8) is 0 Å². The van der Waals surface area contributed by atoms with E-state index < -0.39 is 0 Å². The van der Waals surface area contributed by atoms with Gasteiger partial charge < -0.3 is 9.13 Å². The van der Waals surface area contributed by atoms with Crippen molar-refractivity contribution in [2.24, 2.45) is 12.0 Å². The number of thiophene rings is 1. The molecule has 2 heterocycles. The van der Waals surface area contributed by atoms with Gasteiger partial charge in [0, 0.05) is 18.0 Å². The van der Waals surface area contributed by atoms with Gasteiger partial charge in [-0.05, 0) is 50.3 Å². The average molecular weight is 340 g/mol. The molecule has 1 aliphatic rings. The van der Waals surface area contributed by atoms with Crippen LogP contribution in [0.5, 0.6) is 0 Å². The molecule has 0 bridgehead atoms. The molecule has 1 unspecified atom stereocenters. The summed E-state index contributed by atoms with van der Waals surface area (Å²) < 4.78 is 4.41. The Morgan fingerprint density at radius 2 is 2.17 bits per heavy atom. The molecule has 0 N–H and O–H groups in total. The molecule has 0 amide bonds. The fourth-order valence-electron chi connectivity index (χ4n) is 3.05. The Morgan fingerprint density at radius 1 is 1.38 bits per heavy atom. The normalized spacial score (nSPS) is 19.0. The summed E-state index contributed by atoms with van der Waals surface area (Å²) in [5, 5.41) is 4.28. The first-order valence-electron chi connectivity index (χ1n) is 8.38. The van der Waals surface area contributed by atoms with Gasteiger partial charge in [0.25, 0.3) is 0 Å². The zero-order valence-corrected chi connectivity index (χ0v) is 15.7. The van der Waals surface area contributed by atoms with Gasteiger partial charge in [0.2, 0.25) is 5.62 Å². The molecular weight excluding hydrogens is 314 g/mol. The van der Waals surface area contributed by atoms with E-state index in [1.807, 2.05) is 0 Å². The third-order valence-electron chi connectivity index (χ3n) is 4.39. The lowest BCUT2D eigenvalue weighted by molar-refractivity contribution is 0.534. The Bertz CT molecular complexity index is 964. The minimum absolute atomic E-state index is 0.198. The molecule has 0 saturated carbocycles. The summed E-state index contributed by atoms with van der Waals surface area (Å²) in [6.45, 7) is 10.9. The van der Waals surface area contributed by atoms with Crippen molar-refractivity contribution in [1.82, 2.24) is 9.13 Å². The highest BCUT2D eigenvalue weighted by atomic mass is 32.1. The van der Waals surface area contributed by atoms with Crippen LogP contribution in [0, 0.1) is 6.92 Å². The number of aryl methyl sites for hydroxylation is 1. The van der Waals surface area contributed by atoms with Gasteiger partial charge in [0.15, 0.2) is 0 Å². The third kappa shape index (κ3) is 3.11. The molecule has 2 aromatic rings. The minimum atomic E-state index is 0.198. The van der Waals surface area contributed by atoms with Crippen molar-refractivity contribution in [1.29, 1.82) is 0 Å². The van der Waals surface area contributed by atoms with Crippen molar-refractivity contribution >= 4 is 24.0 Å². The number of imidazole rings is 1. The molecule has 2 aromatic heterocycles. The number of aromatic nitrogens is 2. The van der Waals surface area contributed by atoms with Gasteiger partial charge in [-0.2, -0.15) is 0 Å². The monoisotopic (exact) mass is 339 g/mol. The molecule has 126 valence electrons. The maximum absolute atomic E-state index is 5.00. The summed E-state index contributed by atoms with van der Waals surface area (Å²) in [5.74, 6) is 0. The van der Waals surface area contributed by atoms with Crippen molar-refractivity contribution < 1.29 is 0 Å². The highest BCUT2D eigenvalue weighted by Gasteiger charge is 2.11. The summed E-state index contributed by atoms with van der Waals surface area (Å²) >= 11 is 1.76. The molecule has 0 fully saturated rings. The van der Waals surface area contributed by atoms with E-state index in [0.717, 1.165) is 22.7 Å².